The number of halogens is 1. The van der Waals surface area contributed by atoms with Gasteiger partial charge in [0.05, 0.1) is 0 Å². The minimum Gasteiger partial charge on any atom is -0.357 e. The average molecular weight is 139 g/mol. The molecule has 1 atom stereocenters. The van der Waals surface area contributed by atoms with Crippen molar-refractivity contribution in [3.63, 3.8) is 0 Å². The predicted octanol–water partition coefficient (Wildman–Crippen LogP) is -0.812. The van der Waals surface area contributed by atoms with Crippen molar-refractivity contribution in [3.05, 3.63) is 0 Å². The van der Waals surface area contributed by atoms with Gasteiger partial charge in [-0.1, -0.05) is 11.6 Å². The molecule has 0 aliphatic heterocycles. The van der Waals surface area contributed by atoms with Crippen LogP contribution in [0.1, 0.15) is 0 Å². The minimum atomic E-state index is -0.986. The summed E-state index contributed by atoms with van der Waals surface area (Å²) in [4.78, 5) is 10.2. The fourth-order valence-corrected chi connectivity index (χ4v) is 0.236. The number of hydrogen-bond acceptors (Lipinski definition) is 3. The molecule has 0 rings (SSSR count). The number of nitrogens with two attached hydrogens (primary N) is 1. The van der Waals surface area contributed by atoms with Crippen LogP contribution >= 0.6 is 11.6 Å². The van der Waals surface area contributed by atoms with Crippen molar-refractivity contribution in [3.8, 4) is 0 Å². The third-order valence-electron chi connectivity index (χ3n) is 0.555. The highest BCUT2D eigenvalue weighted by Crippen LogP contribution is 1.92. The van der Waals surface area contributed by atoms with Gasteiger partial charge in [0, 0.05) is 7.11 Å². The monoisotopic (exact) mass is 138 g/mol. The molecule has 0 aromatic rings. The van der Waals surface area contributed by atoms with Gasteiger partial charge in [-0.3, -0.25) is 10.2 Å². The van der Waals surface area contributed by atoms with Gasteiger partial charge >= 0.3 is 0 Å². The van der Waals surface area contributed by atoms with Crippen LogP contribution in [-0.4, -0.2) is 18.6 Å². The van der Waals surface area contributed by atoms with E-state index in [1.807, 2.05) is 5.43 Å². The van der Waals surface area contributed by atoms with Crippen LogP contribution in [0, 0.1) is 0 Å². The van der Waals surface area contributed by atoms with Crippen LogP contribution in [0.3, 0.4) is 0 Å². The van der Waals surface area contributed by atoms with Gasteiger partial charge in [-0.25, -0.2) is 5.84 Å². The highest BCUT2D eigenvalue weighted by Gasteiger charge is 2.10. The van der Waals surface area contributed by atoms with Gasteiger partial charge in [0.2, 0.25) is 5.56 Å². The summed E-state index contributed by atoms with van der Waals surface area (Å²) < 4.78 is 4.38. The van der Waals surface area contributed by atoms with Crippen LogP contribution < -0.4 is 11.3 Å². The molecule has 0 fully saturated rings. The zero-order valence-electron chi connectivity index (χ0n) is 4.35. The second-order valence-corrected chi connectivity index (χ2v) is 1.46. The Hall–Kier alpha value is -0.320. The molecule has 3 N–H and O–H groups in total. The molecule has 0 radical (unpaired) electrons. The molecule has 4 nitrogen and oxygen atoms in total. The van der Waals surface area contributed by atoms with Gasteiger partial charge in [-0.15, -0.1) is 0 Å². The highest BCUT2D eigenvalue weighted by atomic mass is 35.5. The van der Waals surface area contributed by atoms with Crippen molar-refractivity contribution in [1.82, 2.24) is 5.43 Å². The van der Waals surface area contributed by atoms with E-state index in [4.69, 9.17) is 11.6 Å². The quantitative estimate of drug-likeness (QED) is 0.227. The molecule has 5 heteroatoms. The first-order valence-electron chi connectivity index (χ1n) is 1.89. The normalized spacial score (nSPS) is 12.9. The number of rotatable bonds is 2. The first kappa shape index (κ1) is 7.68. The number of hydrazine groups is 1. The lowest BCUT2D eigenvalue weighted by Gasteiger charge is -2.02. The number of carbonyl (C=O) groups excluding carboxylic acids is 1. The smallest absolute Gasteiger partial charge is 0.278 e. The molecule has 48 valence electrons. The summed E-state index contributed by atoms with van der Waals surface area (Å²) in [6.07, 6.45) is 0. The van der Waals surface area contributed by atoms with E-state index >= 15 is 0 Å². The van der Waals surface area contributed by atoms with Crippen molar-refractivity contribution < 1.29 is 9.53 Å². The first-order valence-corrected chi connectivity index (χ1v) is 2.33. The summed E-state index contributed by atoms with van der Waals surface area (Å²) >= 11 is 5.20. The molecule has 0 saturated heterocycles. The van der Waals surface area contributed by atoms with E-state index in [2.05, 4.69) is 10.6 Å². The van der Waals surface area contributed by atoms with E-state index in [0.29, 0.717) is 0 Å². The zero-order chi connectivity index (χ0) is 6.57. The lowest BCUT2D eigenvalue weighted by Crippen LogP contribution is -2.37. The summed E-state index contributed by atoms with van der Waals surface area (Å²) in [5.41, 5.74) is 0.834. The maximum Gasteiger partial charge on any atom is 0.278 e. The van der Waals surface area contributed by atoms with Gasteiger partial charge in [0.25, 0.3) is 5.91 Å². The molecule has 1 amide bonds. The minimum absolute atomic E-state index is 0.547. The maximum absolute atomic E-state index is 10.2. The van der Waals surface area contributed by atoms with Crippen molar-refractivity contribution in [2.45, 2.75) is 5.56 Å². The van der Waals surface area contributed by atoms with Crippen molar-refractivity contribution in [2.75, 3.05) is 7.11 Å². The Morgan fingerprint density at radius 3 is 2.62 bits per heavy atom. The molecule has 0 aromatic carbocycles. The van der Waals surface area contributed by atoms with Crippen LogP contribution in [0.25, 0.3) is 0 Å². The molecule has 1 unspecified atom stereocenters. The first-order chi connectivity index (χ1) is 3.72. The molecular weight excluding hydrogens is 131 g/mol. The van der Waals surface area contributed by atoms with E-state index in [0.717, 1.165) is 0 Å². The summed E-state index contributed by atoms with van der Waals surface area (Å²) in [6, 6.07) is 0. The number of ether oxygens (including phenoxy) is 1. The number of hydrogen-bond donors (Lipinski definition) is 2. The van der Waals surface area contributed by atoms with E-state index in [1.54, 1.807) is 0 Å². The van der Waals surface area contributed by atoms with Gasteiger partial charge in [-0.2, -0.15) is 0 Å². The van der Waals surface area contributed by atoms with E-state index < -0.39 is 11.5 Å². The van der Waals surface area contributed by atoms with E-state index in [1.165, 1.54) is 7.11 Å². The Kier molecular flexibility index (Phi) is 3.51. The summed E-state index contributed by atoms with van der Waals surface area (Å²) in [6.45, 7) is 0. The number of nitrogens with one attached hydrogen (secondary N) is 1. The Balaban J connectivity index is 3.46. The molecule has 0 aliphatic rings. The number of alkyl halides is 1. The number of methoxy groups -OCH3 is 1. The molecule has 0 aromatic heterocycles. The largest absolute Gasteiger partial charge is 0.357 e. The topological polar surface area (TPSA) is 64.3 Å². The van der Waals surface area contributed by atoms with Crippen LogP contribution in [0.5, 0.6) is 0 Å². The lowest BCUT2D eigenvalue weighted by atomic mass is 10.7. The molecule has 0 saturated carbocycles. The Morgan fingerprint density at radius 1 is 2.00 bits per heavy atom. The SMILES string of the molecule is COC(Cl)C(=O)NN. The summed E-state index contributed by atoms with van der Waals surface area (Å²) in [5, 5.41) is 0. The second-order valence-electron chi connectivity index (χ2n) is 1.06. The fraction of sp³-hybridized carbons (Fsp3) is 0.667. The van der Waals surface area contributed by atoms with Crippen molar-refractivity contribution >= 4 is 17.5 Å². The molecule has 0 heterocycles. The standard InChI is InChI=1S/C3H7ClN2O2/c1-8-2(4)3(7)6-5/h2H,5H2,1H3,(H,6,7). The predicted molar refractivity (Wildman–Crippen MR) is 29.0 cm³/mol. The molecular formula is C3H7ClN2O2. The van der Waals surface area contributed by atoms with Crippen LogP contribution in [0.4, 0.5) is 0 Å². The molecule has 8 heavy (non-hydrogen) atoms. The van der Waals surface area contributed by atoms with Gasteiger partial charge in [-0.05, 0) is 0 Å². The number of amides is 1. The maximum atomic E-state index is 10.2. The molecule has 0 bridgehead atoms. The zero-order valence-corrected chi connectivity index (χ0v) is 5.11. The Labute approximate surface area is 51.9 Å². The van der Waals surface area contributed by atoms with Crippen molar-refractivity contribution in [2.24, 2.45) is 5.84 Å². The summed E-state index contributed by atoms with van der Waals surface area (Å²) in [5.74, 6) is 4.14. The van der Waals surface area contributed by atoms with E-state index in [9.17, 15) is 4.79 Å². The Bertz CT molecular complexity index is 87.4. The molecule has 0 aliphatic carbocycles. The van der Waals surface area contributed by atoms with Crippen LogP contribution in [0.15, 0.2) is 0 Å². The fourth-order valence-electron chi connectivity index (χ4n) is 0.173. The Morgan fingerprint density at radius 2 is 2.50 bits per heavy atom. The summed E-state index contributed by atoms with van der Waals surface area (Å²) in [7, 11) is 1.31. The third kappa shape index (κ3) is 2.11. The lowest BCUT2D eigenvalue weighted by molar-refractivity contribution is -0.126. The van der Waals surface area contributed by atoms with Gasteiger partial charge in [0.15, 0.2) is 0 Å². The van der Waals surface area contributed by atoms with E-state index in [-0.39, 0.29) is 0 Å². The second kappa shape index (κ2) is 3.65. The van der Waals surface area contributed by atoms with Crippen molar-refractivity contribution in [1.29, 1.82) is 0 Å². The third-order valence-corrected chi connectivity index (χ3v) is 0.932. The van der Waals surface area contributed by atoms with Crippen LogP contribution in [-0.2, 0) is 9.53 Å². The molecule has 0 spiro atoms. The van der Waals surface area contributed by atoms with Crippen LogP contribution in [0.2, 0.25) is 0 Å². The highest BCUT2D eigenvalue weighted by molar-refractivity contribution is 6.29. The number of carbonyl (C=O) groups is 1. The average Bonchev–Trinajstić information content (AvgIpc) is 1.84. The van der Waals surface area contributed by atoms with Gasteiger partial charge < -0.3 is 4.74 Å². The van der Waals surface area contributed by atoms with Gasteiger partial charge in [0.1, 0.15) is 0 Å².